The van der Waals surface area contributed by atoms with Crippen molar-refractivity contribution in [1.82, 2.24) is 20.0 Å². The van der Waals surface area contributed by atoms with Crippen LogP contribution in [-0.4, -0.2) is 52.9 Å². The topological polar surface area (TPSA) is 59.4 Å². The Bertz CT molecular complexity index is 452. The van der Waals surface area contributed by atoms with Crippen LogP contribution in [-0.2, 0) is 22.6 Å². The zero-order chi connectivity index (χ0) is 14.5. The summed E-state index contributed by atoms with van der Waals surface area (Å²) in [6.07, 6.45) is 0. The highest BCUT2D eigenvalue weighted by Crippen LogP contribution is 2.05. The lowest BCUT2D eigenvalue weighted by atomic mass is 10.2. The molecule has 0 aliphatic carbocycles. The Morgan fingerprint density at radius 1 is 1.50 bits per heavy atom. The van der Waals surface area contributed by atoms with Gasteiger partial charge in [-0.25, -0.2) is 0 Å². The third-order valence-electron chi connectivity index (χ3n) is 3.57. The minimum Gasteiger partial charge on any atom is -0.378 e. The zero-order valence-electron chi connectivity index (χ0n) is 12.6. The van der Waals surface area contributed by atoms with Gasteiger partial charge in [0.1, 0.15) is 0 Å². The number of nitrogens with zero attached hydrogens (tertiary/aromatic N) is 3. The van der Waals surface area contributed by atoms with Crippen LogP contribution in [0, 0.1) is 6.92 Å². The SMILES string of the molecule is CCn1nc(C)cc1CNC(C)C(=O)N1CCOCC1. The van der Waals surface area contributed by atoms with Crippen molar-refractivity contribution in [2.45, 2.75) is 39.9 Å². The maximum Gasteiger partial charge on any atom is 0.239 e. The van der Waals surface area contributed by atoms with E-state index >= 15 is 0 Å². The number of nitrogens with one attached hydrogen (secondary N) is 1. The smallest absolute Gasteiger partial charge is 0.239 e. The van der Waals surface area contributed by atoms with Crippen LogP contribution in [0.25, 0.3) is 0 Å². The molecule has 0 saturated carbocycles. The number of hydrogen-bond acceptors (Lipinski definition) is 4. The molecule has 20 heavy (non-hydrogen) atoms. The summed E-state index contributed by atoms with van der Waals surface area (Å²) in [6.45, 7) is 10.1. The molecule has 1 fully saturated rings. The van der Waals surface area contributed by atoms with E-state index < -0.39 is 0 Å². The van der Waals surface area contributed by atoms with E-state index in [0.29, 0.717) is 32.8 Å². The van der Waals surface area contributed by atoms with Crippen LogP contribution in [0.2, 0.25) is 0 Å². The fourth-order valence-electron chi connectivity index (χ4n) is 2.42. The fraction of sp³-hybridized carbons (Fsp3) is 0.714. The molecule has 1 amide bonds. The molecule has 1 aromatic heterocycles. The van der Waals surface area contributed by atoms with E-state index in [0.717, 1.165) is 17.9 Å². The van der Waals surface area contributed by atoms with Gasteiger partial charge in [-0.05, 0) is 26.8 Å². The van der Waals surface area contributed by atoms with Gasteiger partial charge < -0.3 is 15.0 Å². The van der Waals surface area contributed by atoms with Gasteiger partial charge in [-0.3, -0.25) is 9.48 Å². The number of carbonyl (C=O) groups is 1. The maximum atomic E-state index is 12.3. The summed E-state index contributed by atoms with van der Waals surface area (Å²) in [5.74, 6) is 0.146. The fourth-order valence-corrected chi connectivity index (χ4v) is 2.42. The van der Waals surface area contributed by atoms with Crippen LogP contribution in [0.3, 0.4) is 0 Å². The molecular weight excluding hydrogens is 256 g/mol. The summed E-state index contributed by atoms with van der Waals surface area (Å²) < 4.78 is 7.23. The van der Waals surface area contributed by atoms with Gasteiger partial charge >= 0.3 is 0 Å². The largest absolute Gasteiger partial charge is 0.378 e. The standard InChI is InChI=1S/C14H24N4O2/c1-4-18-13(9-11(2)16-18)10-15-12(3)14(19)17-5-7-20-8-6-17/h9,12,15H,4-8,10H2,1-3H3. The Hall–Kier alpha value is -1.40. The minimum absolute atomic E-state index is 0.146. The van der Waals surface area contributed by atoms with Crippen LogP contribution in [0.5, 0.6) is 0 Å². The summed E-state index contributed by atoms with van der Waals surface area (Å²) >= 11 is 0. The average molecular weight is 280 g/mol. The maximum absolute atomic E-state index is 12.3. The van der Waals surface area contributed by atoms with Crippen LogP contribution in [0.15, 0.2) is 6.07 Å². The highest BCUT2D eigenvalue weighted by atomic mass is 16.5. The number of aryl methyl sites for hydroxylation is 2. The second kappa shape index (κ2) is 6.85. The molecule has 1 atom stereocenters. The first kappa shape index (κ1) is 15.0. The minimum atomic E-state index is -0.186. The van der Waals surface area contributed by atoms with Crippen molar-refractivity contribution in [3.63, 3.8) is 0 Å². The molecule has 2 heterocycles. The van der Waals surface area contributed by atoms with Gasteiger partial charge in [-0.15, -0.1) is 0 Å². The molecule has 1 aliphatic heterocycles. The zero-order valence-corrected chi connectivity index (χ0v) is 12.6. The monoisotopic (exact) mass is 280 g/mol. The van der Waals surface area contributed by atoms with Gasteiger partial charge in [0.15, 0.2) is 0 Å². The highest BCUT2D eigenvalue weighted by Gasteiger charge is 2.22. The third kappa shape index (κ3) is 3.58. The average Bonchev–Trinajstić information content (AvgIpc) is 2.85. The number of amides is 1. The van der Waals surface area contributed by atoms with Crippen molar-refractivity contribution >= 4 is 5.91 Å². The quantitative estimate of drug-likeness (QED) is 0.855. The van der Waals surface area contributed by atoms with Crippen molar-refractivity contribution in [2.75, 3.05) is 26.3 Å². The van der Waals surface area contributed by atoms with E-state index in [2.05, 4.69) is 23.4 Å². The normalized spacial score (nSPS) is 17.2. The summed E-state index contributed by atoms with van der Waals surface area (Å²) in [4.78, 5) is 14.1. The lowest BCUT2D eigenvalue weighted by Crippen LogP contribution is -2.49. The van der Waals surface area contributed by atoms with Crippen LogP contribution < -0.4 is 5.32 Å². The molecular formula is C14H24N4O2. The predicted octanol–water partition coefficient (Wildman–Crippen LogP) is 0.548. The van der Waals surface area contributed by atoms with Gasteiger partial charge in [0.2, 0.25) is 5.91 Å². The van der Waals surface area contributed by atoms with Crippen molar-refractivity contribution in [3.05, 3.63) is 17.5 Å². The third-order valence-corrected chi connectivity index (χ3v) is 3.57. The number of aromatic nitrogens is 2. The number of ether oxygens (including phenoxy) is 1. The van der Waals surface area contributed by atoms with E-state index in [1.165, 1.54) is 0 Å². The van der Waals surface area contributed by atoms with E-state index in [4.69, 9.17) is 4.74 Å². The van der Waals surface area contributed by atoms with E-state index in [9.17, 15) is 4.79 Å². The molecule has 1 N–H and O–H groups in total. The van der Waals surface area contributed by atoms with E-state index in [1.54, 1.807) is 0 Å². The van der Waals surface area contributed by atoms with Crippen LogP contribution >= 0.6 is 0 Å². The van der Waals surface area contributed by atoms with E-state index in [-0.39, 0.29) is 11.9 Å². The number of morpholine rings is 1. The molecule has 6 nitrogen and oxygen atoms in total. The Balaban J connectivity index is 1.87. The van der Waals surface area contributed by atoms with Gasteiger partial charge in [0.05, 0.1) is 30.6 Å². The summed E-state index contributed by atoms with van der Waals surface area (Å²) in [7, 11) is 0. The molecule has 0 radical (unpaired) electrons. The molecule has 0 aromatic carbocycles. The Morgan fingerprint density at radius 2 is 2.20 bits per heavy atom. The molecule has 0 spiro atoms. The van der Waals surface area contributed by atoms with Crippen molar-refractivity contribution in [3.8, 4) is 0 Å². The Morgan fingerprint density at radius 3 is 2.85 bits per heavy atom. The first-order chi connectivity index (χ1) is 9.61. The van der Waals surface area contributed by atoms with Gasteiger partial charge in [0, 0.05) is 26.2 Å². The first-order valence-electron chi connectivity index (χ1n) is 7.25. The van der Waals surface area contributed by atoms with Gasteiger partial charge in [0.25, 0.3) is 0 Å². The molecule has 6 heteroatoms. The molecule has 1 unspecified atom stereocenters. The second-order valence-corrected chi connectivity index (χ2v) is 5.13. The molecule has 1 aromatic rings. The molecule has 0 bridgehead atoms. The molecule has 112 valence electrons. The van der Waals surface area contributed by atoms with Gasteiger partial charge in [-0.2, -0.15) is 5.10 Å². The molecule has 1 saturated heterocycles. The summed E-state index contributed by atoms with van der Waals surface area (Å²) in [6, 6.07) is 1.87. The second-order valence-electron chi connectivity index (χ2n) is 5.13. The first-order valence-corrected chi connectivity index (χ1v) is 7.25. The van der Waals surface area contributed by atoms with E-state index in [1.807, 2.05) is 23.4 Å². The summed E-state index contributed by atoms with van der Waals surface area (Å²) in [5.41, 5.74) is 2.13. The van der Waals surface area contributed by atoms with Crippen LogP contribution in [0.1, 0.15) is 25.2 Å². The predicted molar refractivity (Wildman–Crippen MR) is 76.3 cm³/mol. The summed E-state index contributed by atoms with van der Waals surface area (Å²) in [5, 5.41) is 7.70. The van der Waals surface area contributed by atoms with Crippen molar-refractivity contribution < 1.29 is 9.53 Å². The van der Waals surface area contributed by atoms with Crippen LogP contribution in [0.4, 0.5) is 0 Å². The highest BCUT2D eigenvalue weighted by molar-refractivity contribution is 5.81. The molecule has 2 rings (SSSR count). The number of hydrogen-bond donors (Lipinski definition) is 1. The van der Waals surface area contributed by atoms with Crippen molar-refractivity contribution in [1.29, 1.82) is 0 Å². The number of carbonyl (C=O) groups excluding carboxylic acids is 1. The Labute approximate surface area is 120 Å². The lowest BCUT2D eigenvalue weighted by Gasteiger charge is -2.29. The van der Waals surface area contributed by atoms with Gasteiger partial charge in [-0.1, -0.05) is 0 Å². The number of rotatable bonds is 5. The molecule has 1 aliphatic rings. The van der Waals surface area contributed by atoms with Crippen molar-refractivity contribution in [2.24, 2.45) is 0 Å². The lowest BCUT2D eigenvalue weighted by molar-refractivity contribution is -0.137. The Kier molecular flexibility index (Phi) is 5.14.